The number of aryl methyl sites for hydroxylation is 2. The van der Waals surface area contributed by atoms with Crippen LogP contribution in [0.3, 0.4) is 0 Å². The van der Waals surface area contributed by atoms with E-state index in [1.165, 1.54) is 35.3 Å². The van der Waals surface area contributed by atoms with E-state index in [0.29, 0.717) is 0 Å². The van der Waals surface area contributed by atoms with E-state index in [9.17, 15) is 0 Å². The van der Waals surface area contributed by atoms with Crippen molar-refractivity contribution in [2.75, 3.05) is 16.8 Å². The second-order valence-electron chi connectivity index (χ2n) is 4.15. The second kappa shape index (κ2) is 2.53. The zero-order valence-corrected chi connectivity index (χ0v) is 8.43. The van der Waals surface area contributed by atoms with Crippen LogP contribution in [0, 0.1) is 6.92 Å². The monoisotopic (exact) mass is 186 g/mol. The molecule has 72 valence electrons. The molecule has 0 saturated carbocycles. The molecular weight excluding hydrogens is 172 g/mol. The van der Waals surface area contributed by atoms with E-state index in [2.05, 4.69) is 35.9 Å². The molecule has 1 N–H and O–H groups in total. The highest BCUT2D eigenvalue weighted by atomic mass is 15.3. The van der Waals surface area contributed by atoms with Crippen LogP contribution in [0.4, 0.5) is 11.4 Å². The summed E-state index contributed by atoms with van der Waals surface area (Å²) < 4.78 is 0. The first-order valence-corrected chi connectivity index (χ1v) is 5.13. The molecule has 1 aromatic rings. The summed E-state index contributed by atoms with van der Waals surface area (Å²) >= 11 is 0. The molecule has 2 nitrogen and oxygen atoms in total. The third-order valence-electron chi connectivity index (χ3n) is 3.04. The first kappa shape index (κ1) is 7.92. The van der Waals surface area contributed by atoms with Crippen LogP contribution in [0.5, 0.6) is 0 Å². The number of nitrogens with one attached hydrogen (secondary N) is 1. The fourth-order valence-corrected chi connectivity index (χ4v) is 2.49. The minimum absolute atomic E-state index is 1.03. The van der Waals surface area contributed by atoms with Gasteiger partial charge in [0.1, 0.15) is 5.82 Å². The first-order chi connectivity index (χ1) is 6.75. The van der Waals surface area contributed by atoms with Gasteiger partial charge in [-0.15, -0.1) is 0 Å². The van der Waals surface area contributed by atoms with Gasteiger partial charge in [0.05, 0.1) is 11.4 Å². The lowest BCUT2D eigenvalue weighted by Crippen LogP contribution is -2.25. The summed E-state index contributed by atoms with van der Waals surface area (Å²) in [4.78, 5) is 2.30. The molecule has 3 rings (SSSR count). The number of rotatable bonds is 0. The van der Waals surface area contributed by atoms with Gasteiger partial charge in [0, 0.05) is 6.54 Å². The first-order valence-electron chi connectivity index (χ1n) is 5.13. The Labute approximate surface area is 84.2 Å². The summed E-state index contributed by atoms with van der Waals surface area (Å²) in [5.74, 6) is 1.03. The van der Waals surface area contributed by atoms with Crippen molar-refractivity contribution in [3.8, 4) is 0 Å². The van der Waals surface area contributed by atoms with Crippen molar-refractivity contribution in [3.63, 3.8) is 0 Å². The van der Waals surface area contributed by atoms with Crippen LogP contribution in [0.2, 0.25) is 0 Å². The van der Waals surface area contributed by atoms with Crippen molar-refractivity contribution in [3.05, 3.63) is 35.7 Å². The van der Waals surface area contributed by atoms with Gasteiger partial charge in [0.25, 0.3) is 0 Å². The molecule has 0 unspecified atom stereocenters. The average molecular weight is 186 g/mol. The lowest BCUT2D eigenvalue weighted by Gasteiger charge is -2.26. The lowest BCUT2D eigenvalue weighted by molar-refractivity contribution is 0.759. The topological polar surface area (TPSA) is 15.3 Å². The zero-order valence-electron chi connectivity index (χ0n) is 8.43. The maximum atomic E-state index is 4.04. The molecule has 1 aromatic carbocycles. The van der Waals surface area contributed by atoms with E-state index < -0.39 is 0 Å². The van der Waals surface area contributed by atoms with Gasteiger partial charge < -0.3 is 10.2 Å². The average Bonchev–Trinajstić information content (AvgIpc) is 2.45. The van der Waals surface area contributed by atoms with Crippen LogP contribution in [0.1, 0.15) is 17.5 Å². The number of anilines is 2. The van der Waals surface area contributed by atoms with Crippen LogP contribution in [-0.4, -0.2) is 6.54 Å². The summed E-state index contributed by atoms with van der Waals surface area (Å²) in [5, 5.41) is 3.35. The summed E-state index contributed by atoms with van der Waals surface area (Å²) in [6, 6.07) is 4.50. The minimum atomic E-state index is 1.03. The van der Waals surface area contributed by atoms with Gasteiger partial charge >= 0.3 is 0 Å². The fourth-order valence-electron chi connectivity index (χ4n) is 2.49. The third-order valence-corrected chi connectivity index (χ3v) is 3.04. The maximum absolute atomic E-state index is 4.04. The van der Waals surface area contributed by atoms with Crippen molar-refractivity contribution >= 4 is 11.4 Å². The highest BCUT2D eigenvalue weighted by molar-refractivity contribution is 5.84. The maximum Gasteiger partial charge on any atom is 0.103 e. The molecular formula is C12H14N2. The van der Waals surface area contributed by atoms with Crippen LogP contribution >= 0.6 is 0 Å². The molecule has 0 fully saturated rings. The van der Waals surface area contributed by atoms with E-state index >= 15 is 0 Å². The molecule has 0 aromatic heterocycles. The molecule has 2 heterocycles. The van der Waals surface area contributed by atoms with Gasteiger partial charge in [-0.05, 0) is 37.0 Å². The van der Waals surface area contributed by atoms with Crippen LogP contribution in [0.25, 0.3) is 0 Å². The Morgan fingerprint density at radius 2 is 2.29 bits per heavy atom. The SMILES string of the molecule is C=C1Nc2cc(C)cc3c2N1CCC3. The third kappa shape index (κ3) is 0.910. The minimum Gasteiger partial charge on any atom is -0.340 e. The molecule has 2 heteroatoms. The Morgan fingerprint density at radius 3 is 3.14 bits per heavy atom. The predicted molar refractivity (Wildman–Crippen MR) is 59.6 cm³/mol. The molecule has 2 aliphatic rings. The largest absolute Gasteiger partial charge is 0.340 e. The molecule has 0 saturated heterocycles. The standard InChI is InChI=1S/C12H14N2/c1-8-6-10-4-3-5-14-9(2)13-11(7-8)12(10)14/h6-7,13H,2-5H2,1H3. The van der Waals surface area contributed by atoms with E-state index in [0.717, 1.165) is 12.4 Å². The van der Waals surface area contributed by atoms with Crippen molar-refractivity contribution in [2.45, 2.75) is 19.8 Å². The van der Waals surface area contributed by atoms with E-state index in [4.69, 9.17) is 0 Å². The zero-order chi connectivity index (χ0) is 9.71. The number of hydrogen-bond donors (Lipinski definition) is 1. The normalized spacial score (nSPS) is 18.1. The van der Waals surface area contributed by atoms with Crippen molar-refractivity contribution in [1.29, 1.82) is 0 Å². The Hall–Kier alpha value is -1.44. The second-order valence-corrected chi connectivity index (χ2v) is 4.15. The van der Waals surface area contributed by atoms with Gasteiger partial charge in [-0.2, -0.15) is 0 Å². The van der Waals surface area contributed by atoms with E-state index in [1.807, 2.05) is 0 Å². The smallest absolute Gasteiger partial charge is 0.103 e. The fraction of sp³-hybridized carbons (Fsp3) is 0.333. The lowest BCUT2D eigenvalue weighted by atomic mass is 9.99. The summed E-state index contributed by atoms with van der Waals surface area (Å²) in [6.07, 6.45) is 2.44. The van der Waals surface area contributed by atoms with Gasteiger partial charge in [0.2, 0.25) is 0 Å². The predicted octanol–water partition coefficient (Wildman–Crippen LogP) is 2.64. The molecule has 0 spiro atoms. The van der Waals surface area contributed by atoms with Gasteiger partial charge in [-0.25, -0.2) is 0 Å². The molecule has 14 heavy (non-hydrogen) atoms. The Balaban J connectivity index is 2.26. The van der Waals surface area contributed by atoms with Gasteiger partial charge in [-0.1, -0.05) is 12.6 Å². The number of nitrogens with zero attached hydrogens (tertiary/aromatic N) is 1. The molecule has 2 aliphatic heterocycles. The van der Waals surface area contributed by atoms with Crippen LogP contribution < -0.4 is 10.2 Å². The van der Waals surface area contributed by atoms with E-state index in [1.54, 1.807) is 0 Å². The van der Waals surface area contributed by atoms with Gasteiger partial charge in [-0.3, -0.25) is 0 Å². The summed E-state index contributed by atoms with van der Waals surface area (Å²) in [6.45, 7) is 7.30. The Bertz CT molecular complexity index is 421. The molecule has 0 amide bonds. The van der Waals surface area contributed by atoms with Crippen LogP contribution in [-0.2, 0) is 6.42 Å². The van der Waals surface area contributed by atoms with Crippen LogP contribution in [0.15, 0.2) is 24.5 Å². The van der Waals surface area contributed by atoms with Crippen molar-refractivity contribution in [1.82, 2.24) is 0 Å². The molecule has 0 bridgehead atoms. The Morgan fingerprint density at radius 1 is 1.43 bits per heavy atom. The highest BCUT2D eigenvalue weighted by Crippen LogP contribution is 2.42. The van der Waals surface area contributed by atoms with Crippen molar-refractivity contribution in [2.24, 2.45) is 0 Å². The molecule has 0 aliphatic carbocycles. The quantitative estimate of drug-likeness (QED) is 0.670. The van der Waals surface area contributed by atoms with Gasteiger partial charge in [0.15, 0.2) is 0 Å². The summed E-state index contributed by atoms with van der Waals surface area (Å²) in [5.41, 5.74) is 5.41. The highest BCUT2D eigenvalue weighted by Gasteiger charge is 2.27. The molecule has 0 atom stereocenters. The van der Waals surface area contributed by atoms with E-state index in [-0.39, 0.29) is 0 Å². The molecule has 0 radical (unpaired) electrons. The van der Waals surface area contributed by atoms with Crippen molar-refractivity contribution < 1.29 is 0 Å². The summed E-state index contributed by atoms with van der Waals surface area (Å²) in [7, 11) is 0. The number of hydrogen-bond acceptors (Lipinski definition) is 2. The Kier molecular flexibility index (Phi) is 1.43. The number of benzene rings is 1.